The second-order valence-electron chi connectivity index (χ2n) is 7.25. The number of benzene rings is 2. The molecule has 2 amide bonds. The number of nitrogens with zero attached hydrogens (tertiary/aromatic N) is 3. The molecule has 31 heavy (non-hydrogen) atoms. The molecule has 1 aromatic heterocycles. The summed E-state index contributed by atoms with van der Waals surface area (Å²) in [4.78, 5) is 35.1. The van der Waals surface area contributed by atoms with Crippen LogP contribution in [0, 0.1) is 0 Å². The molecule has 1 saturated heterocycles. The highest BCUT2D eigenvalue weighted by Gasteiger charge is 2.24. The Labute approximate surface area is 182 Å². The first-order valence-electron chi connectivity index (χ1n) is 9.74. The Bertz CT molecular complexity index is 1110. The number of alkyl halides is 2. The van der Waals surface area contributed by atoms with Gasteiger partial charge in [0.15, 0.2) is 5.82 Å². The van der Waals surface area contributed by atoms with Gasteiger partial charge in [-0.15, -0.1) is 0 Å². The fraction of sp³-hybridized carbons (Fsp3) is 0.286. The molecule has 4 rings (SSSR count). The number of imidazole rings is 1. The van der Waals surface area contributed by atoms with Crippen LogP contribution in [0.25, 0.3) is 11.0 Å². The maximum absolute atomic E-state index is 12.8. The minimum Gasteiger partial charge on any atom is -0.337 e. The van der Waals surface area contributed by atoms with Gasteiger partial charge in [0, 0.05) is 31.7 Å². The number of hydrogen-bond acceptors (Lipinski definition) is 4. The molecular weight excluding hydrogens is 428 g/mol. The fourth-order valence-electron chi connectivity index (χ4n) is 3.51. The van der Waals surface area contributed by atoms with Gasteiger partial charge in [0.1, 0.15) is 0 Å². The molecule has 2 aromatic carbocycles. The molecule has 162 valence electrons. The van der Waals surface area contributed by atoms with Crippen molar-refractivity contribution < 1.29 is 18.4 Å². The minimum atomic E-state index is -2.70. The molecule has 2 N–H and O–H groups in total. The second kappa shape index (κ2) is 8.99. The molecule has 0 atom stereocenters. The van der Waals surface area contributed by atoms with Gasteiger partial charge in [-0.25, -0.2) is 13.8 Å². The molecule has 0 bridgehead atoms. The van der Waals surface area contributed by atoms with Crippen molar-refractivity contribution in [2.24, 2.45) is 0 Å². The van der Waals surface area contributed by atoms with Crippen molar-refractivity contribution in [2.75, 3.05) is 38.0 Å². The second-order valence-corrected chi connectivity index (χ2v) is 7.66. The van der Waals surface area contributed by atoms with Gasteiger partial charge in [-0.05, 0) is 30.3 Å². The largest absolute Gasteiger partial charge is 0.337 e. The molecule has 1 fully saturated rings. The molecule has 0 unspecified atom stereocenters. The normalized spacial score (nSPS) is 14.9. The maximum Gasteiger partial charge on any atom is 0.295 e. The summed E-state index contributed by atoms with van der Waals surface area (Å²) in [6, 6.07) is 11.7. The zero-order chi connectivity index (χ0) is 22.0. The van der Waals surface area contributed by atoms with Crippen LogP contribution in [-0.4, -0.2) is 64.3 Å². The van der Waals surface area contributed by atoms with E-state index in [0.717, 1.165) is 0 Å². The zero-order valence-corrected chi connectivity index (χ0v) is 17.2. The SMILES string of the molecule is O=C(CN1CCN(C(=O)c2ccc3nc(C(F)F)[nH]c3c2)CC1)Nc1ccccc1Cl. The van der Waals surface area contributed by atoms with Crippen LogP contribution in [0.5, 0.6) is 0 Å². The Morgan fingerprint density at radius 3 is 2.58 bits per heavy atom. The molecular formula is C21H20ClF2N5O2. The van der Waals surface area contributed by atoms with Gasteiger partial charge in [-0.3, -0.25) is 14.5 Å². The predicted octanol–water partition coefficient (Wildman–Crippen LogP) is 3.55. The third-order valence-corrected chi connectivity index (χ3v) is 5.46. The summed E-state index contributed by atoms with van der Waals surface area (Å²) in [5.41, 5.74) is 1.76. The van der Waals surface area contributed by atoms with Crippen molar-refractivity contribution in [1.29, 1.82) is 0 Å². The third kappa shape index (κ3) is 4.83. The topological polar surface area (TPSA) is 81.3 Å². The van der Waals surface area contributed by atoms with Crippen molar-refractivity contribution in [3.63, 3.8) is 0 Å². The van der Waals surface area contributed by atoms with Crippen LogP contribution in [0.2, 0.25) is 5.02 Å². The number of aromatic amines is 1. The Morgan fingerprint density at radius 2 is 1.87 bits per heavy atom. The molecule has 2 heterocycles. The Balaban J connectivity index is 1.33. The van der Waals surface area contributed by atoms with Crippen molar-refractivity contribution >= 4 is 40.1 Å². The van der Waals surface area contributed by atoms with Crippen molar-refractivity contribution in [1.82, 2.24) is 19.8 Å². The Hall–Kier alpha value is -3.04. The number of anilines is 1. The van der Waals surface area contributed by atoms with E-state index in [1.54, 1.807) is 47.4 Å². The van der Waals surface area contributed by atoms with E-state index in [4.69, 9.17) is 11.6 Å². The minimum absolute atomic E-state index is 0.174. The molecule has 1 aliphatic rings. The fourth-order valence-corrected chi connectivity index (χ4v) is 3.70. The summed E-state index contributed by atoms with van der Waals surface area (Å²) in [5.74, 6) is -0.772. The highest BCUT2D eigenvalue weighted by molar-refractivity contribution is 6.33. The lowest BCUT2D eigenvalue weighted by atomic mass is 10.1. The number of amides is 2. The summed E-state index contributed by atoms with van der Waals surface area (Å²) in [5, 5.41) is 3.26. The molecule has 7 nitrogen and oxygen atoms in total. The standard InChI is InChI=1S/C21H20ClF2N5O2/c22-14-3-1-2-4-15(14)25-18(30)12-28-7-9-29(10-8-28)21(31)13-5-6-16-17(11-13)27-20(26-16)19(23)24/h1-6,11,19H,7-10,12H2,(H,25,30)(H,26,27). The van der Waals surface area contributed by atoms with Crippen LogP contribution in [0.3, 0.4) is 0 Å². The van der Waals surface area contributed by atoms with Crippen molar-refractivity contribution in [3.05, 3.63) is 58.9 Å². The highest BCUT2D eigenvalue weighted by atomic mass is 35.5. The van der Waals surface area contributed by atoms with Crippen LogP contribution >= 0.6 is 11.6 Å². The van der Waals surface area contributed by atoms with Gasteiger partial charge in [0.05, 0.1) is 28.3 Å². The summed E-state index contributed by atoms with van der Waals surface area (Å²) in [6.07, 6.45) is -2.70. The molecule has 0 radical (unpaired) electrons. The van der Waals surface area contributed by atoms with E-state index in [-0.39, 0.29) is 18.4 Å². The van der Waals surface area contributed by atoms with Crippen LogP contribution < -0.4 is 5.32 Å². The van der Waals surface area contributed by atoms with E-state index >= 15 is 0 Å². The number of halogens is 3. The predicted molar refractivity (Wildman–Crippen MR) is 113 cm³/mol. The molecule has 0 aliphatic carbocycles. The van der Waals surface area contributed by atoms with Gasteiger partial charge < -0.3 is 15.2 Å². The number of aromatic nitrogens is 2. The first-order valence-corrected chi connectivity index (χ1v) is 10.1. The zero-order valence-electron chi connectivity index (χ0n) is 16.4. The smallest absolute Gasteiger partial charge is 0.295 e. The van der Waals surface area contributed by atoms with Gasteiger partial charge >= 0.3 is 0 Å². The summed E-state index contributed by atoms with van der Waals surface area (Å²) < 4.78 is 25.6. The highest BCUT2D eigenvalue weighted by Crippen LogP contribution is 2.22. The number of carbonyl (C=O) groups is 2. The number of para-hydroxylation sites is 1. The van der Waals surface area contributed by atoms with E-state index in [2.05, 4.69) is 15.3 Å². The van der Waals surface area contributed by atoms with E-state index in [1.165, 1.54) is 0 Å². The Kier molecular flexibility index (Phi) is 6.15. The van der Waals surface area contributed by atoms with Crippen LogP contribution in [0.4, 0.5) is 14.5 Å². The van der Waals surface area contributed by atoms with Crippen LogP contribution in [-0.2, 0) is 4.79 Å². The van der Waals surface area contributed by atoms with E-state index in [0.29, 0.717) is 53.5 Å². The van der Waals surface area contributed by atoms with Gasteiger partial charge in [-0.2, -0.15) is 0 Å². The molecule has 1 aliphatic heterocycles. The number of hydrogen-bond donors (Lipinski definition) is 2. The monoisotopic (exact) mass is 447 g/mol. The number of rotatable bonds is 5. The molecule has 0 saturated carbocycles. The number of H-pyrrole nitrogens is 1. The third-order valence-electron chi connectivity index (χ3n) is 5.13. The first kappa shape index (κ1) is 21.2. The van der Waals surface area contributed by atoms with E-state index in [9.17, 15) is 18.4 Å². The number of fused-ring (bicyclic) bond motifs is 1. The summed E-state index contributed by atoms with van der Waals surface area (Å²) in [7, 11) is 0. The summed E-state index contributed by atoms with van der Waals surface area (Å²) in [6.45, 7) is 2.21. The van der Waals surface area contributed by atoms with Crippen LogP contribution in [0.15, 0.2) is 42.5 Å². The maximum atomic E-state index is 12.8. The lowest BCUT2D eigenvalue weighted by Crippen LogP contribution is -2.50. The molecule has 3 aromatic rings. The van der Waals surface area contributed by atoms with Gasteiger partial charge in [0.2, 0.25) is 5.91 Å². The summed E-state index contributed by atoms with van der Waals surface area (Å²) >= 11 is 6.06. The quantitative estimate of drug-likeness (QED) is 0.626. The van der Waals surface area contributed by atoms with E-state index < -0.39 is 12.2 Å². The van der Waals surface area contributed by atoms with Crippen molar-refractivity contribution in [3.8, 4) is 0 Å². The van der Waals surface area contributed by atoms with Gasteiger partial charge in [-0.1, -0.05) is 23.7 Å². The number of nitrogens with one attached hydrogen (secondary N) is 2. The lowest BCUT2D eigenvalue weighted by molar-refractivity contribution is -0.117. The van der Waals surface area contributed by atoms with Gasteiger partial charge in [0.25, 0.3) is 12.3 Å². The molecule has 0 spiro atoms. The van der Waals surface area contributed by atoms with Crippen LogP contribution in [0.1, 0.15) is 22.6 Å². The average Bonchev–Trinajstić information content (AvgIpc) is 3.19. The molecule has 10 heteroatoms. The number of carbonyl (C=O) groups excluding carboxylic acids is 2. The van der Waals surface area contributed by atoms with E-state index in [1.807, 2.05) is 4.90 Å². The Morgan fingerprint density at radius 1 is 1.13 bits per heavy atom. The lowest BCUT2D eigenvalue weighted by Gasteiger charge is -2.34. The first-order chi connectivity index (χ1) is 14.9. The van der Waals surface area contributed by atoms with Crippen molar-refractivity contribution in [2.45, 2.75) is 6.43 Å². The average molecular weight is 448 g/mol. The number of piperazine rings is 1.